The first-order valence-electron chi connectivity index (χ1n) is 12.2. The Kier molecular flexibility index (Phi) is 8.95. The number of carbonyl (C=O) groups excluding carboxylic acids is 2. The SMILES string of the molecule is O=C(CSc1nnc(CNC(=O)c2ccc(S(=O)(=O)N3CCCC3)cc2)n1-c1ccc(Br)cc1)Nc1nccs1. The highest BCUT2D eigenvalue weighted by Crippen LogP contribution is 2.25. The largest absolute Gasteiger partial charge is 0.345 e. The molecule has 4 aromatic rings. The summed E-state index contributed by atoms with van der Waals surface area (Å²) < 4.78 is 29.7. The van der Waals surface area contributed by atoms with Gasteiger partial charge >= 0.3 is 0 Å². The van der Waals surface area contributed by atoms with Gasteiger partial charge in [-0.2, -0.15) is 4.31 Å². The Morgan fingerprint density at radius 1 is 1.02 bits per heavy atom. The summed E-state index contributed by atoms with van der Waals surface area (Å²) in [6.45, 7) is 1.09. The normalized spacial score (nSPS) is 13.8. The van der Waals surface area contributed by atoms with Gasteiger partial charge in [0.2, 0.25) is 15.9 Å². The van der Waals surface area contributed by atoms with E-state index in [1.54, 1.807) is 16.1 Å². The number of anilines is 1. The van der Waals surface area contributed by atoms with Crippen LogP contribution in [0.4, 0.5) is 5.13 Å². The molecule has 0 spiro atoms. The molecule has 15 heteroatoms. The number of hydrogen-bond acceptors (Lipinski definition) is 9. The molecule has 1 saturated heterocycles. The zero-order valence-corrected chi connectivity index (χ0v) is 25.0. The lowest BCUT2D eigenvalue weighted by molar-refractivity contribution is -0.113. The summed E-state index contributed by atoms with van der Waals surface area (Å²) in [6, 6.07) is 13.4. The van der Waals surface area contributed by atoms with Crippen molar-refractivity contribution >= 4 is 66.0 Å². The average molecular weight is 663 g/mol. The first-order chi connectivity index (χ1) is 19.3. The summed E-state index contributed by atoms with van der Waals surface area (Å²) in [7, 11) is -3.56. The number of thioether (sulfide) groups is 1. The molecule has 0 aliphatic carbocycles. The van der Waals surface area contributed by atoms with Crippen molar-refractivity contribution < 1.29 is 18.0 Å². The second kappa shape index (κ2) is 12.6. The van der Waals surface area contributed by atoms with Gasteiger partial charge in [0.25, 0.3) is 5.91 Å². The van der Waals surface area contributed by atoms with Crippen LogP contribution < -0.4 is 10.6 Å². The number of amides is 2. The Bertz CT molecular complexity index is 1590. The lowest BCUT2D eigenvalue weighted by atomic mass is 10.2. The standard InChI is InChI=1S/C25H24BrN7O4S3/c26-18-5-7-19(8-6-18)33-21(30-31-25(33)39-16-22(34)29-24-27-11-14-38-24)15-28-23(35)17-3-9-20(10-4-17)40(36,37)32-12-1-2-13-32/h3-11,14H,1-2,12-13,15-16H2,(H,28,35)(H,27,29,34). The van der Waals surface area contributed by atoms with E-state index in [4.69, 9.17) is 0 Å². The van der Waals surface area contributed by atoms with Crippen LogP contribution in [0.3, 0.4) is 0 Å². The molecular weight excluding hydrogens is 638 g/mol. The number of aromatic nitrogens is 4. The van der Waals surface area contributed by atoms with Crippen LogP contribution in [-0.4, -0.2) is 63.1 Å². The van der Waals surface area contributed by atoms with Crippen LogP contribution in [0.25, 0.3) is 5.69 Å². The molecule has 3 heterocycles. The Balaban J connectivity index is 1.28. The minimum absolute atomic E-state index is 0.0571. The Morgan fingerprint density at radius 3 is 2.42 bits per heavy atom. The molecule has 1 fully saturated rings. The quantitative estimate of drug-likeness (QED) is 0.244. The molecule has 2 aromatic heterocycles. The van der Waals surface area contributed by atoms with E-state index in [2.05, 4.69) is 41.7 Å². The van der Waals surface area contributed by atoms with Gasteiger partial charge in [-0.25, -0.2) is 13.4 Å². The predicted octanol–water partition coefficient (Wildman–Crippen LogP) is 3.93. The highest BCUT2D eigenvalue weighted by atomic mass is 79.9. The molecule has 0 bridgehead atoms. The van der Waals surface area contributed by atoms with Crippen LogP contribution in [-0.2, 0) is 21.4 Å². The van der Waals surface area contributed by atoms with Gasteiger partial charge in [-0.3, -0.25) is 14.2 Å². The Labute approximate surface area is 247 Å². The van der Waals surface area contributed by atoms with E-state index in [0.717, 1.165) is 23.0 Å². The van der Waals surface area contributed by atoms with Crippen LogP contribution >= 0.6 is 39.0 Å². The zero-order chi connectivity index (χ0) is 28.1. The number of carbonyl (C=O) groups is 2. The first kappa shape index (κ1) is 28.4. The highest BCUT2D eigenvalue weighted by molar-refractivity contribution is 9.10. The van der Waals surface area contributed by atoms with E-state index >= 15 is 0 Å². The summed E-state index contributed by atoms with van der Waals surface area (Å²) in [5.74, 6) is -0.0533. The fraction of sp³-hybridized carbons (Fsp3) is 0.240. The summed E-state index contributed by atoms with van der Waals surface area (Å²) in [5.41, 5.74) is 1.08. The van der Waals surface area contributed by atoms with Crippen LogP contribution in [0, 0.1) is 0 Å². The summed E-state index contributed by atoms with van der Waals surface area (Å²) in [4.78, 5) is 29.5. The molecule has 0 saturated carbocycles. The third-order valence-corrected chi connectivity index (χ3v) is 10.1. The van der Waals surface area contributed by atoms with Crippen molar-refractivity contribution in [3.8, 4) is 5.69 Å². The van der Waals surface area contributed by atoms with Crippen molar-refractivity contribution in [3.05, 3.63) is 76.0 Å². The Hall–Kier alpha value is -3.11. The second-order valence-corrected chi connectivity index (χ2v) is 13.4. The predicted molar refractivity (Wildman–Crippen MR) is 156 cm³/mol. The molecule has 2 amide bonds. The molecule has 5 rings (SSSR count). The number of benzene rings is 2. The number of nitrogens with one attached hydrogen (secondary N) is 2. The van der Waals surface area contributed by atoms with E-state index in [1.807, 2.05) is 24.3 Å². The molecule has 11 nitrogen and oxygen atoms in total. The van der Waals surface area contributed by atoms with E-state index in [0.29, 0.717) is 34.8 Å². The van der Waals surface area contributed by atoms with Gasteiger partial charge in [0.05, 0.1) is 17.2 Å². The van der Waals surface area contributed by atoms with E-state index in [1.165, 1.54) is 51.7 Å². The average Bonchev–Trinajstić information content (AvgIpc) is 3.74. The number of rotatable bonds is 10. The molecular formula is C25H24BrN7O4S3. The van der Waals surface area contributed by atoms with Crippen LogP contribution in [0.2, 0.25) is 0 Å². The van der Waals surface area contributed by atoms with Crippen molar-refractivity contribution in [3.63, 3.8) is 0 Å². The third-order valence-electron chi connectivity index (χ3n) is 6.02. The van der Waals surface area contributed by atoms with Crippen LogP contribution in [0.1, 0.15) is 29.0 Å². The van der Waals surface area contributed by atoms with Crippen molar-refractivity contribution in [2.75, 3.05) is 24.2 Å². The van der Waals surface area contributed by atoms with Crippen molar-refractivity contribution in [2.24, 2.45) is 0 Å². The molecule has 0 radical (unpaired) electrons. The molecule has 1 aliphatic heterocycles. The fourth-order valence-corrected chi connectivity index (χ4v) is 7.14. The van der Waals surface area contributed by atoms with Gasteiger partial charge in [-0.15, -0.1) is 21.5 Å². The minimum atomic E-state index is -3.56. The fourth-order valence-electron chi connectivity index (χ4n) is 4.05. The maximum atomic E-state index is 12.9. The second-order valence-electron chi connectivity index (χ2n) is 8.70. The molecule has 208 valence electrons. The number of nitrogens with zero attached hydrogens (tertiary/aromatic N) is 5. The number of sulfonamides is 1. The van der Waals surface area contributed by atoms with Crippen LogP contribution in [0.5, 0.6) is 0 Å². The van der Waals surface area contributed by atoms with E-state index in [-0.39, 0.29) is 29.0 Å². The van der Waals surface area contributed by atoms with Gasteiger partial charge in [0, 0.05) is 40.4 Å². The van der Waals surface area contributed by atoms with Crippen molar-refractivity contribution in [1.29, 1.82) is 0 Å². The number of halogens is 1. The van der Waals surface area contributed by atoms with Gasteiger partial charge in [-0.1, -0.05) is 27.7 Å². The lowest BCUT2D eigenvalue weighted by Gasteiger charge is -2.15. The summed E-state index contributed by atoms with van der Waals surface area (Å²) in [6.07, 6.45) is 3.32. The molecule has 0 unspecified atom stereocenters. The molecule has 40 heavy (non-hydrogen) atoms. The lowest BCUT2D eigenvalue weighted by Crippen LogP contribution is -2.28. The Morgan fingerprint density at radius 2 is 1.75 bits per heavy atom. The summed E-state index contributed by atoms with van der Waals surface area (Å²) >= 11 is 5.98. The third kappa shape index (κ3) is 6.61. The van der Waals surface area contributed by atoms with Gasteiger partial charge in [-0.05, 0) is 61.4 Å². The topological polar surface area (TPSA) is 139 Å². The molecule has 2 N–H and O–H groups in total. The molecule has 1 aliphatic rings. The van der Waals surface area contributed by atoms with Crippen molar-refractivity contribution in [2.45, 2.75) is 29.4 Å². The van der Waals surface area contributed by atoms with Gasteiger partial charge in [0.15, 0.2) is 16.1 Å². The van der Waals surface area contributed by atoms with Crippen molar-refractivity contribution in [1.82, 2.24) is 29.4 Å². The molecule has 2 aromatic carbocycles. The maximum Gasteiger partial charge on any atom is 0.251 e. The van der Waals surface area contributed by atoms with Gasteiger partial charge in [0.1, 0.15) is 0 Å². The molecule has 0 atom stereocenters. The van der Waals surface area contributed by atoms with Crippen LogP contribution in [0.15, 0.2) is 74.6 Å². The number of thiazole rings is 1. The first-order valence-corrected chi connectivity index (χ1v) is 16.3. The highest BCUT2D eigenvalue weighted by Gasteiger charge is 2.27. The zero-order valence-electron chi connectivity index (χ0n) is 21.0. The number of hydrogen-bond donors (Lipinski definition) is 2. The van der Waals surface area contributed by atoms with E-state index < -0.39 is 10.0 Å². The summed E-state index contributed by atoms with van der Waals surface area (Å²) in [5, 5.41) is 16.9. The monoisotopic (exact) mass is 661 g/mol. The smallest absolute Gasteiger partial charge is 0.251 e. The van der Waals surface area contributed by atoms with Gasteiger partial charge < -0.3 is 10.6 Å². The minimum Gasteiger partial charge on any atom is -0.345 e. The van der Waals surface area contributed by atoms with E-state index in [9.17, 15) is 18.0 Å². The maximum absolute atomic E-state index is 12.9.